The molecule has 5 nitrogen and oxygen atoms in total. The van der Waals surface area contributed by atoms with E-state index in [1.807, 2.05) is 72.9 Å². The largest absolute Gasteiger partial charge is 0.458 e. The van der Waals surface area contributed by atoms with E-state index in [4.69, 9.17) is 23.4 Å². The van der Waals surface area contributed by atoms with Gasteiger partial charge in [0.25, 0.3) is 6.33 Å². The van der Waals surface area contributed by atoms with E-state index < -0.39 is 60.4 Å². The first kappa shape index (κ1) is 26.6. The van der Waals surface area contributed by atoms with Crippen molar-refractivity contribution in [3.05, 3.63) is 199 Å². The summed E-state index contributed by atoms with van der Waals surface area (Å²) in [6, 6.07) is 31.3. The van der Waals surface area contributed by atoms with Gasteiger partial charge in [0, 0.05) is 23.0 Å². The normalized spacial score (nSPS) is 14.2. The van der Waals surface area contributed by atoms with E-state index in [0.29, 0.717) is 28.2 Å². The van der Waals surface area contributed by atoms with Crippen molar-refractivity contribution in [2.75, 3.05) is 0 Å². The van der Waals surface area contributed by atoms with Gasteiger partial charge in [0.1, 0.15) is 17.3 Å². The molecule has 0 amide bonds. The number of imidazole rings is 1. The van der Waals surface area contributed by atoms with Gasteiger partial charge in [0.05, 0.1) is 47.1 Å². The van der Waals surface area contributed by atoms with Crippen molar-refractivity contribution in [3.63, 3.8) is 0 Å². The van der Waals surface area contributed by atoms with Crippen molar-refractivity contribution >= 4 is 32.8 Å². The zero-order valence-electron chi connectivity index (χ0n) is 43.0. The number of benzene rings is 7. The molecule has 0 bridgehead atoms. The fourth-order valence-electron chi connectivity index (χ4n) is 7.78. The Hall–Kier alpha value is -7.24. The van der Waals surface area contributed by atoms with Crippen LogP contribution in [0.4, 0.5) is 0 Å². The summed E-state index contributed by atoms with van der Waals surface area (Å²) in [6.07, 6.45) is 6.15. The van der Waals surface area contributed by atoms with Gasteiger partial charge in [-0.2, -0.15) is 0 Å². The minimum absolute atomic E-state index is 0.0564. The summed E-state index contributed by atoms with van der Waals surface area (Å²) in [5.41, 5.74) is 6.41. The number of ether oxygens (including phenoxy) is 1. The quantitative estimate of drug-likeness (QED) is 0.114. The average molecular weight is 775 g/mol. The van der Waals surface area contributed by atoms with Gasteiger partial charge >= 0.3 is 0 Å². The van der Waals surface area contributed by atoms with Gasteiger partial charge in [-0.05, 0) is 99.8 Å². The third-order valence-electron chi connectivity index (χ3n) is 10.7. The maximum atomic E-state index is 9.01. The Morgan fingerprint density at radius 1 is 0.661 bits per heavy atom. The smallest absolute Gasteiger partial charge is 0.269 e. The van der Waals surface area contributed by atoms with Crippen molar-refractivity contribution in [3.8, 4) is 50.9 Å². The zero-order valence-corrected chi connectivity index (χ0v) is 33.0. The molecule has 0 aliphatic carbocycles. The number of para-hydroxylation sites is 3. The highest BCUT2D eigenvalue weighted by atomic mass is 16.5. The lowest BCUT2D eigenvalue weighted by molar-refractivity contribution is -0.571. The lowest BCUT2D eigenvalue weighted by atomic mass is 9.86. The standard InChI is InChI=1S/C54H44N4O/c1-5-37-30-31-55-52(32-37)58-48-29-26-40(54(2,3)4)33-47(48)46-28-27-43(35-51(46)58)59-42-21-14-20-41(34-42)56-36-57(50-25-13-12-24-49(50)56)53-44(38-16-8-6-9-17-38)22-15-23-45(53)39-18-10-7-11-19-39/h6-35H,5H2,1-4H3/i6D,7D,8D,9D,10D,11D,16D,17D,18D,19D. The molecule has 0 unspecified atom stereocenters. The van der Waals surface area contributed by atoms with Crippen molar-refractivity contribution in [1.82, 2.24) is 14.1 Å². The van der Waals surface area contributed by atoms with E-state index in [-0.39, 0.29) is 33.4 Å². The minimum atomic E-state index is -0.564. The van der Waals surface area contributed by atoms with Crippen molar-refractivity contribution in [1.29, 1.82) is 0 Å². The lowest BCUT2D eigenvalue weighted by Crippen LogP contribution is -2.31. The summed E-state index contributed by atoms with van der Waals surface area (Å²) < 4.78 is 99.2. The predicted molar refractivity (Wildman–Crippen MR) is 241 cm³/mol. The summed E-state index contributed by atoms with van der Waals surface area (Å²) in [6.45, 7) is 8.75. The van der Waals surface area contributed by atoms with Crippen LogP contribution in [0.15, 0.2) is 182 Å². The number of fused-ring (bicyclic) bond motifs is 4. The second-order valence-electron chi connectivity index (χ2n) is 15.4. The van der Waals surface area contributed by atoms with Gasteiger partial charge in [-0.3, -0.25) is 13.7 Å². The van der Waals surface area contributed by atoms with E-state index in [0.717, 1.165) is 34.0 Å². The van der Waals surface area contributed by atoms with Gasteiger partial charge in [-0.15, -0.1) is 0 Å². The molecule has 10 rings (SSSR count). The van der Waals surface area contributed by atoms with Crippen LogP contribution in [0.3, 0.4) is 0 Å². The first-order valence-corrected chi connectivity index (χ1v) is 19.5. The number of aryl methyl sites for hydroxylation is 1. The number of aromatic nitrogens is 4. The Kier molecular flexibility index (Phi) is 6.59. The second kappa shape index (κ2) is 14.6. The van der Waals surface area contributed by atoms with Crippen LogP contribution in [0.2, 0.25) is 0 Å². The first-order chi connectivity index (χ1) is 33.0. The van der Waals surface area contributed by atoms with E-state index in [9.17, 15) is 0 Å². The number of pyridine rings is 1. The van der Waals surface area contributed by atoms with Crippen LogP contribution >= 0.6 is 0 Å². The molecule has 0 N–H and O–H groups in total. The Labute approximate surface area is 359 Å². The summed E-state index contributed by atoms with van der Waals surface area (Å²) in [7, 11) is 0. The summed E-state index contributed by atoms with van der Waals surface area (Å²) in [5.74, 6) is 1.93. The Morgan fingerprint density at radius 3 is 2.10 bits per heavy atom. The van der Waals surface area contributed by atoms with Crippen LogP contribution in [0.5, 0.6) is 11.5 Å². The third-order valence-corrected chi connectivity index (χ3v) is 10.7. The maximum Gasteiger partial charge on any atom is 0.269 e. The predicted octanol–water partition coefficient (Wildman–Crippen LogP) is 13.2. The van der Waals surface area contributed by atoms with Gasteiger partial charge in [-0.25, -0.2) is 4.98 Å². The van der Waals surface area contributed by atoms with E-state index in [1.54, 1.807) is 27.3 Å². The maximum absolute atomic E-state index is 9.01. The molecule has 59 heavy (non-hydrogen) atoms. The number of hydrogen-bond acceptors (Lipinski definition) is 2. The monoisotopic (exact) mass is 774 g/mol. The molecule has 10 aromatic rings. The molecule has 0 atom stereocenters. The van der Waals surface area contributed by atoms with Crippen molar-refractivity contribution < 1.29 is 23.0 Å². The average Bonchev–Trinajstić information content (AvgIpc) is 3.89. The van der Waals surface area contributed by atoms with E-state index in [1.165, 1.54) is 11.1 Å². The van der Waals surface area contributed by atoms with Gasteiger partial charge < -0.3 is 4.74 Å². The highest BCUT2D eigenvalue weighted by Gasteiger charge is 2.21. The second-order valence-corrected chi connectivity index (χ2v) is 15.4. The van der Waals surface area contributed by atoms with Crippen LogP contribution in [-0.4, -0.2) is 14.1 Å². The molecule has 0 spiro atoms. The van der Waals surface area contributed by atoms with Crippen LogP contribution in [0.25, 0.3) is 72.3 Å². The topological polar surface area (TPSA) is 35.9 Å². The molecule has 0 fully saturated rings. The molecular weight excluding hydrogens is 721 g/mol. The van der Waals surface area contributed by atoms with E-state index >= 15 is 0 Å². The molecule has 5 heteroatoms. The fraction of sp³-hybridized carbons (Fsp3) is 0.111. The molecule has 286 valence electrons. The van der Waals surface area contributed by atoms with Gasteiger partial charge in [-0.1, -0.05) is 143 Å². The Balaban J connectivity index is 1.15. The number of nitrogens with zero attached hydrogens (tertiary/aromatic N) is 4. The van der Waals surface area contributed by atoms with Crippen LogP contribution in [0, 0.1) is 6.33 Å². The summed E-state index contributed by atoms with van der Waals surface area (Å²) >= 11 is 0. The molecule has 0 saturated heterocycles. The molecular formula is C54H44N4O. The number of rotatable bonds is 8. The minimum Gasteiger partial charge on any atom is -0.458 e. The van der Waals surface area contributed by atoms with Crippen molar-refractivity contribution in [2.24, 2.45) is 0 Å². The first-order valence-electron chi connectivity index (χ1n) is 24.5. The van der Waals surface area contributed by atoms with Gasteiger partial charge in [0.2, 0.25) is 0 Å². The van der Waals surface area contributed by atoms with Gasteiger partial charge in [0.15, 0.2) is 0 Å². The van der Waals surface area contributed by atoms with Crippen molar-refractivity contribution in [2.45, 2.75) is 39.5 Å². The zero-order chi connectivity index (χ0) is 48.8. The molecule has 0 aliphatic rings. The Bertz CT molecular complexity index is 3610. The summed E-state index contributed by atoms with van der Waals surface area (Å²) in [5, 5.41) is 2.17. The third kappa shape index (κ3) is 6.55. The van der Waals surface area contributed by atoms with Crippen LogP contribution in [0.1, 0.15) is 52.5 Å². The molecule has 0 radical (unpaired) electrons. The fourth-order valence-corrected chi connectivity index (χ4v) is 7.78. The highest BCUT2D eigenvalue weighted by Crippen LogP contribution is 2.38. The SMILES string of the molecule is [2H]c1c([2H])c([2H])c(-c2cccc(-c3c([2H])c([2H])c([2H])c([2H])c3[2H])c2-[n+]2[c-]n(-c3cccc(Oc4ccc5c6cc(C(C)(C)C)ccc6n(-c6cc(CC)ccn6)c5c4)c3)c3ccccc32)c([2H])c1[2H]. The van der Waals surface area contributed by atoms with Crippen LogP contribution < -0.4 is 9.30 Å². The highest BCUT2D eigenvalue weighted by molar-refractivity contribution is 6.09. The number of hydrogen-bond donors (Lipinski definition) is 0. The lowest BCUT2D eigenvalue weighted by Gasteiger charge is -2.19. The molecule has 0 aliphatic heterocycles. The molecule has 7 aromatic carbocycles. The van der Waals surface area contributed by atoms with Crippen LogP contribution in [-0.2, 0) is 11.8 Å². The van der Waals surface area contributed by atoms with E-state index in [2.05, 4.69) is 68.9 Å². The summed E-state index contributed by atoms with van der Waals surface area (Å²) in [4.78, 5) is 4.82. The molecule has 0 saturated carbocycles. The Morgan fingerprint density at radius 2 is 1.37 bits per heavy atom. The molecule has 3 heterocycles. The molecule has 3 aromatic heterocycles.